The first-order valence-electron chi connectivity index (χ1n) is 10.1. The second-order valence-electron chi connectivity index (χ2n) is 8.52. The van der Waals surface area contributed by atoms with E-state index in [-0.39, 0.29) is 20.2 Å². The van der Waals surface area contributed by atoms with Crippen LogP contribution in [-0.2, 0) is 4.74 Å². The summed E-state index contributed by atoms with van der Waals surface area (Å²) in [5.41, 5.74) is 1.60. The van der Waals surface area contributed by atoms with Crippen LogP contribution in [-0.4, -0.2) is 39.9 Å². The molecule has 2 N–H and O–H groups in total. The van der Waals surface area contributed by atoms with Gasteiger partial charge in [0.1, 0.15) is 41.9 Å². The van der Waals surface area contributed by atoms with Gasteiger partial charge in [-0.2, -0.15) is 0 Å². The van der Waals surface area contributed by atoms with Crippen molar-refractivity contribution in [2.75, 3.05) is 18.5 Å². The number of H-pyrrole nitrogens is 1. The average molecular weight is 398 g/mol. The Hall–Kier alpha value is -2.67. The SMILES string of the molecule is CC(C)(F)CO[C@H]1COc2ccccc2[C@@H]1Nc1ncnc2[nH]c(C3CC3)cc12.[HH]. The Morgan fingerprint density at radius 3 is 2.93 bits per heavy atom. The first kappa shape index (κ1) is 18.4. The molecule has 0 amide bonds. The Kier molecular flexibility index (Phi) is 4.42. The third-order valence-corrected chi connectivity index (χ3v) is 5.43. The van der Waals surface area contributed by atoms with Gasteiger partial charge in [-0.05, 0) is 44.7 Å². The van der Waals surface area contributed by atoms with E-state index < -0.39 is 5.67 Å². The molecule has 1 aliphatic heterocycles. The van der Waals surface area contributed by atoms with Crippen molar-refractivity contribution in [3.05, 3.63) is 47.9 Å². The number of hydrogen-bond acceptors (Lipinski definition) is 5. The molecule has 0 spiro atoms. The number of nitrogens with zero attached hydrogens (tertiary/aromatic N) is 2. The molecule has 5 rings (SSSR count). The van der Waals surface area contributed by atoms with Gasteiger partial charge in [0.15, 0.2) is 0 Å². The number of halogens is 1. The van der Waals surface area contributed by atoms with E-state index in [1.807, 2.05) is 24.3 Å². The summed E-state index contributed by atoms with van der Waals surface area (Å²) in [4.78, 5) is 12.3. The Bertz CT molecular complexity index is 1030. The van der Waals surface area contributed by atoms with E-state index in [2.05, 4.69) is 26.3 Å². The minimum atomic E-state index is -1.41. The molecular formula is C22H27FN4O2. The number of nitrogens with one attached hydrogen (secondary N) is 2. The molecular weight excluding hydrogens is 371 g/mol. The van der Waals surface area contributed by atoms with E-state index in [1.165, 1.54) is 32.4 Å². The van der Waals surface area contributed by atoms with Gasteiger partial charge < -0.3 is 19.8 Å². The van der Waals surface area contributed by atoms with Gasteiger partial charge >= 0.3 is 0 Å². The Morgan fingerprint density at radius 2 is 2.14 bits per heavy atom. The highest BCUT2D eigenvalue weighted by Gasteiger charge is 2.34. The molecule has 0 bridgehead atoms. The highest BCUT2D eigenvalue weighted by Crippen LogP contribution is 2.42. The highest BCUT2D eigenvalue weighted by molar-refractivity contribution is 5.88. The van der Waals surface area contributed by atoms with Crippen molar-refractivity contribution in [1.82, 2.24) is 15.0 Å². The summed E-state index contributed by atoms with van der Waals surface area (Å²) in [5.74, 6) is 2.15. The maximum atomic E-state index is 14.1. The number of para-hydroxylation sites is 1. The molecule has 1 aliphatic carbocycles. The molecule has 3 heterocycles. The fourth-order valence-corrected chi connectivity index (χ4v) is 3.79. The van der Waals surface area contributed by atoms with Crippen molar-refractivity contribution in [3.63, 3.8) is 0 Å². The van der Waals surface area contributed by atoms with Gasteiger partial charge in [0.25, 0.3) is 0 Å². The van der Waals surface area contributed by atoms with E-state index in [0.29, 0.717) is 12.5 Å². The first-order chi connectivity index (χ1) is 14.0. The Morgan fingerprint density at radius 1 is 1.31 bits per heavy atom. The molecule has 2 aromatic heterocycles. The topological polar surface area (TPSA) is 72.1 Å². The van der Waals surface area contributed by atoms with Crippen LogP contribution in [0.4, 0.5) is 10.2 Å². The Balaban J connectivity index is 0.00000218. The minimum Gasteiger partial charge on any atom is -0.490 e. The smallest absolute Gasteiger partial charge is 0.143 e. The van der Waals surface area contributed by atoms with E-state index in [9.17, 15) is 4.39 Å². The summed E-state index contributed by atoms with van der Waals surface area (Å²) in [5, 5.41) is 4.50. The van der Waals surface area contributed by atoms with Crippen LogP contribution in [0.1, 0.15) is 51.3 Å². The van der Waals surface area contributed by atoms with Crippen molar-refractivity contribution in [3.8, 4) is 5.75 Å². The monoisotopic (exact) mass is 398 g/mol. The van der Waals surface area contributed by atoms with Gasteiger partial charge in [0.2, 0.25) is 0 Å². The quantitative estimate of drug-likeness (QED) is 0.626. The predicted molar refractivity (Wildman–Crippen MR) is 111 cm³/mol. The Labute approximate surface area is 170 Å². The number of fused-ring (bicyclic) bond motifs is 2. The van der Waals surface area contributed by atoms with Gasteiger partial charge in [-0.1, -0.05) is 18.2 Å². The molecule has 0 radical (unpaired) electrons. The predicted octanol–water partition coefficient (Wildman–Crippen LogP) is 4.76. The van der Waals surface area contributed by atoms with Gasteiger partial charge in [0.05, 0.1) is 18.0 Å². The van der Waals surface area contributed by atoms with Crippen LogP contribution in [0.2, 0.25) is 0 Å². The van der Waals surface area contributed by atoms with Crippen molar-refractivity contribution in [1.29, 1.82) is 0 Å². The molecule has 0 saturated heterocycles. The van der Waals surface area contributed by atoms with E-state index in [4.69, 9.17) is 9.47 Å². The van der Waals surface area contributed by atoms with E-state index in [0.717, 1.165) is 28.2 Å². The van der Waals surface area contributed by atoms with Crippen LogP contribution in [0.15, 0.2) is 36.7 Å². The number of aromatic amines is 1. The third kappa shape index (κ3) is 3.79. The maximum absolute atomic E-state index is 14.1. The largest absolute Gasteiger partial charge is 0.490 e. The first-order valence-corrected chi connectivity index (χ1v) is 10.1. The number of aromatic nitrogens is 3. The molecule has 2 aliphatic rings. The molecule has 0 unspecified atom stereocenters. The fourth-order valence-electron chi connectivity index (χ4n) is 3.79. The lowest BCUT2D eigenvalue weighted by atomic mass is 9.97. The van der Waals surface area contributed by atoms with Crippen molar-refractivity contribution >= 4 is 16.9 Å². The molecule has 7 heteroatoms. The number of hydrogen-bond donors (Lipinski definition) is 2. The summed E-state index contributed by atoms with van der Waals surface area (Å²) in [6.45, 7) is 3.37. The summed E-state index contributed by atoms with van der Waals surface area (Å²) in [7, 11) is 0. The third-order valence-electron chi connectivity index (χ3n) is 5.43. The molecule has 29 heavy (non-hydrogen) atoms. The number of rotatable bonds is 6. The van der Waals surface area contributed by atoms with Gasteiger partial charge in [0, 0.05) is 12.7 Å². The van der Waals surface area contributed by atoms with Crippen LogP contribution < -0.4 is 10.1 Å². The van der Waals surface area contributed by atoms with Crippen LogP contribution in [0.5, 0.6) is 5.75 Å². The fraction of sp³-hybridized carbons (Fsp3) is 0.455. The van der Waals surface area contributed by atoms with E-state index >= 15 is 0 Å². The molecule has 3 aromatic rings. The van der Waals surface area contributed by atoms with Gasteiger partial charge in [-0.25, -0.2) is 14.4 Å². The normalized spacial score (nSPS) is 21.6. The maximum Gasteiger partial charge on any atom is 0.143 e. The second-order valence-corrected chi connectivity index (χ2v) is 8.52. The molecule has 154 valence electrons. The molecule has 1 saturated carbocycles. The van der Waals surface area contributed by atoms with E-state index in [1.54, 1.807) is 6.33 Å². The average Bonchev–Trinajstić information content (AvgIpc) is 3.45. The van der Waals surface area contributed by atoms with Crippen LogP contribution >= 0.6 is 0 Å². The standard InChI is InChI=1S/C22H25FN4O2.H2/c1-22(2,23)11-29-18-10-28-17-6-4-3-5-14(17)19(18)27-21-15-9-16(13-7-8-13)26-20(15)24-12-25-21;/h3-6,9,12-13,18-19H,7-8,10-11H2,1-2H3,(H2,24,25,26,27);1H/t18-,19-;/m0./s1. The lowest BCUT2D eigenvalue weighted by molar-refractivity contribution is -0.0457. The lowest BCUT2D eigenvalue weighted by Gasteiger charge is -2.35. The lowest BCUT2D eigenvalue weighted by Crippen LogP contribution is -2.40. The number of anilines is 1. The molecule has 1 fully saturated rings. The summed E-state index contributed by atoms with van der Waals surface area (Å²) >= 11 is 0. The summed E-state index contributed by atoms with van der Waals surface area (Å²) in [6.07, 6.45) is 3.65. The summed E-state index contributed by atoms with van der Waals surface area (Å²) < 4.78 is 25.9. The molecule has 2 atom stereocenters. The number of alkyl halides is 1. The van der Waals surface area contributed by atoms with Gasteiger partial charge in [-0.3, -0.25) is 0 Å². The summed E-state index contributed by atoms with van der Waals surface area (Å²) in [6, 6.07) is 9.79. The van der Waals surface area contributed by atoms with Crippen molar-refractivity contribution in [2.24, 2.45) is 0 Å². The number of ether oxygens (including phenoxy) is 2. The van der Waals surface area contributed by atoms with Crippen LogP contribution in [0.25, 0.3) is 11.0 Å². The zero-order valence-electron chi connectivity index (χ0n) is 16.6. The molecule has 6 nitrogen and oxygen atoms in total. The van der Waals surface area contributed by atoms with Crippen molar-refractivity contribution < 1.29 is 15.3 Å². The zero-order valence-corrected chi connectivity index (χ0v) is 16.6. The second kappa shape index (κ2) is 6.99. The molecule has 1 aromatic carbocycles. The van der Waals surface area contributed by atoms with Crippen molar-refractivity contribution in [2.45, 2.75) is 50.4 Å². The van der Waals surface area contributed by atoms with Gasteiger partial charge in [-0.15, -0.1) is 0 Å². The zero-order chi connectivity index (χ0) is 20.0. The van der Waals surface area contributed by atoms with Crippen LogP contribution in [0, 0.1) is 0 Å². The minimum absolute atomic E-state index is 0. The number of benzene rings is 1. The highest BCUT2D eigenvalue weighted by atomic mass is 19.1. The van der Waals surface area contributed by atoms with Crippen LogP contribution in [0.3, 0.4) is 0 Å².